The molecule has 0 heterocycles. The number of hydrogen-bond acceptors (Lipinski definition) is 2. The van der Waals surface area contributed by atoms with Crippen molar-refractivity contribution in [2.24, 2.45) is 0 Å². The molecule has 1 aliphatic rings. The summed E-state index contributed by atoms with van der Waals surface area (Å²) in [6, 6.07) is 13.2. The van der Waals surface area contributed by atoms with Crippen molar-refractivity contribution in [1.82, 2.24) is 5.32 Å². The van der Waals surface area contributed by atoms with Gasteiger partial charge in [-0.15, -0.1) is 0 Å². The van der Waals surface area contributed by atoms with Crippen molar-refractivity contribution in [2.45, 2.75) is 19.3 Å². The zero-order valence-corrected chi connectivity index (χ0v) is 13.0. The number of carbonyl (C=O) groups is 1. The van der Waals surface area contributed by atoms with E-state index in [1.165, 1.54) is 17.5 Å². The summed E-state index contributed by atoms with van der Waals surface area (Å²) in [6.07, 6.45) is 3.40. The van der Waals surface area contributed by atoms with Gasteiger partial charge in [0.05, 0.1) is 6.54 Å². The van der Waals surface area contributed by atoms with Crippen LogP contribution in [-0.4, -0.2) is 19.1 Å². The number of hydrogen-bond donors (Lipinski definition) is 1. The lowest BCUT2D eigenvalue weighted by Crippen LogP contribution is -2.28. The second-order valence-corrected chi connectivity index (χ2v) is 5.83. The van der Waals surface area contributed by atoms with Gasteiger partial charge in [0.15, 0.2) is 0 Å². The Kier molecular flexibility index (Phi) is 4.64. The number of halogens is 1. The Labute approximate surface area is 135 Å². The first kappa shape index (κ1) is 14.9. The second kappa shape index (κ2) is 6.84. The fraction of sp³-hybridized carbons (Fsp3) is 0.278. The minimum atomic E-state index is -0.0468. The standard InChI is InChI=1S/C18H18ClNO2/c19-16-6-8-17(9-7-16)22-11-10-20-18(21)15-5-4-13-2-1-3-14(13)12-15/h4-9,12H,1-3,10-11H2,(H,20,21). The Bertz CT molecular complexity index is 667. The van der Waals surface area contributed by atoms with Crippen molar-refractivity contribution >= 4 is 17.5 Å². The van der Waals surface area contributed by atoms with Gasteiger partial charge in [-0.05, 0) is 66.8 Å². The van der Waals surface area contributed by atoms with Crippen molar-refractivity contribution in [3.63, 3.8) is 0 Å². The Morgan fingerprint density at radius 1 is 1.09 bits per heavy atom. The molecule has 0 saturated carbocycles. The highest BCUT2D eigenvalue weighted by atomic mass is 35.5. The van der Waals surface area contributed by atoms with Gasteiger partial charge in [0.25, 0.3) is 5.91 Å². The van der Waals surface area contributed by atoms with E-state index in [4.69, 9.17) is 16.3 Å². The molecule has 1 amide bonds. The summed E-state index contributed by atoms with van der Waals surface area (Å²) in [5.74, 6) is 0.700. The highest BCUT2D eigenvalue weighted by Crippen LogP contribution is 2.22. The first-order valence-electron chi connectivity index (χ1n) is 7.51. The number of aryl methyl sites for hydroxylation is 2. The third kappa shape index (κ3) is 3.60. The average Bonchev–Trinajstić information content (AvgIpc) is 3.00. The number of rotatable bonds is 5. The lowest BCUT2D eigenvalue weighted by atomic mass is 10.1. The molecule has 0 unspecified atom stereocenters. The molecule has 3 nitrogen and oxygen atoms in total. The molecule has 1 aliphatic carbocycles. The zero-order chi connectivity index (χ0) is 15.4. The summed E-state index contributed by atoms with van der Waals surface area (Å²) in [4.78, 5) is 12.1. The molecule has 0 radical (unpaired) electrons. The van der Waals surface area contributed by atoms with Crippen molar-refractivity contribution < 1.29 is 9.53 Å². The van der Waals surface area contributed by atoms with Gasteiger partial charge in [0, 0.05) is 10.6 Å². The van der Waals surface area contributed by atoms with Crippen LogP contribution in [0.1, 0.15) is 27.9 Å². The van der Waals surface area contributed by atoms with E-state index in [1.807, 2.05) is 24.3 Å². The summed E-state index contributed by atoms with van der Waals surface area (Å²) in [7, 11) is 0. The molecule has 4 heteroatoms. The third-order valence-electron chi connectivity index (χ3n) is 3.83. The molecule has 0 aromatic heterocycles. The second-order valence-electron chi connectivity index (χ2n) is 5.40. The van der Waals surface area contributed by atoms with Crippen molar-refractivity contribution in [2.75, 3.05) is 13.2 Å². The summed E-state index contributed by atoms with van der Waals surface area (Å²) < 4.78 is 5.55. The minimum Gasteiger partial charge on any atom is -0.492 e. The summed E-state index contributed by atoms with van der Waals surface area (Å²) >= 11 is 5.81. The minimum absolute atomic E-state index is 0.0468. The number of amides is 1. The lowest BCUT2D eigenvalue weighted by molar-refractivity contribution is 0.0947. The van der Waals surface area contributed by atoms with Gasteiger partial charge in [-0.1, -0.05) is 17.7 Å². The average molecular weight is 316 g/mol. The van der Waals surface area contributed by atoms with Crippen molar-refractivity contribution in [1.29, 1.82) is 0 Å². The molecule has 0 bridgehead atoms. The molecule has 0 aliphatic heterocycles. The van der Waals surface area contributed by atoms with Gasteiger partial charge in [-0.25, -0.2) is 0 Å². The number of ether oxygens (including phenoxy) is 1. The largest absolute Gasteiger partial charge is 0.492 e. The fourth-order valence-corrected chi connectivity index (χ4v) is 2.81. The highest BCUT2D eigenvalue weighted by Gasteiger charge is 2.13. The van der Waals surface area contributed by atoms with Crippen LogP contribution in [-0.2, 0) is 12.8 Å². The summed E-state index contributed by atoms with van der Waals surface area (Å²) in [5.41, 5.74) is 3.42. The Balaban J connectivity index is 1.47. The molecule has 2 aromatic rings. The molecule has 3 rings (SSSR count). The van der Waals surface area contributed by atoms with Crippen LogP contribution in [0.15, 0.2) is 42.5 Å². The Morgan fingerprint density at radius 3 is 2.68 bits per heavy atom. The van der Waals surface area contributed by atoms with Crippen LogP contribution in [0.25, 0.3) is 0 Å². The Morgan fingerprint density at radius 2 is 1.86 bits per heavy atom. The van der Waals surface area contributed by atoms with E-state index >= 15 is 0 Å². The molecule has 0 atom stereocenters. The van der Waals surface area contributed by atoms with Crippen LogP contribution in [0.5, 0.6) is 5.75 Å². The molecule has 114 valence electrons. The van der Waals surface area contributed by atoms with Gasteiger partial charge < -0.3 is 10.1 Å². The van der Waals surface area contributed by atoms with Crippen molar-refractivity contribution in [3.05, 3.63) is 64.2 Å². The highest BCUT2D eigenvalue weighted by molar-refractivity contribution is 6.30. The molecule has 0 saturated heterocycles. The maximum Gasteiger partial charge on any atom is 0.251 e. The smallest absolute Gasteiger partial charge is 0.251 e. The van der Waals surface area contributed by atoms with E-state index in [0.29, 0.717) is 18.2 Å². The van der Waals surface area contributed by atoms with Crippen LogP contribution in [0.3, 0.4) is 0 Å². The quantitative estimate of drug-likeness (QED) is 0.856. The third-order valence-corrected chi connectivity index (χ3v) is 4.08. The normalized spacial score (nSPS) is 12.8. The predicted molar refractivity (Wildman–Crippen MR) is 87.7 cm³/mol. The zero-order valence-electron chi connectivity index (χ0n) is 12.3. The van der Waals surface area contributed by atoms with Gasteiger partial charge in [0.1, 0.15) is 12.4 Å². The first-order chi connectivity index (χ1) is 10.7. The van der Waals surface area contributed by atoms with Crippen LogP contribution in [0.4, 0.5) is 0 Å². The summed E-state index contributed by atoms with van der Waals surface area (Å²) in [5, 5.41) is 3.56. The van der Waals surface area contributed by atoms with Crippen LogP contribution in [0.2, 0.25) is 5.02 Å². The number of fused-ring (bicyclic) bond motifs is 1. The molecular formula is C18H18ClNO2. The number of carbonyl (C=O) groups excluding carboxylic acids is 1. The van der Waals surface area contributed by atoms with E-state index in [2.05, 4.69) is 11.4 Å². The molecule has 1 N–H and O–H groups in total. The SMILES string of the molecule is O=C(NCCOc1ccc(Cl)cc1)c1ccc2c(c1)CCC2. The van der Waals surface area contributed by atoms with Gasteiger partial charge in [0.2, 0.25) is 0 Å². The number of nitrogens with one attached hydrogen (secondary N) is 1. The van der Waals surface area contributed by atoms with E-state index in [9.17, 15) is 4.79 Å². The van der Waals surface area contributed by atoms with Gasteiger partial charge >= 0.3 is 0 Å². The van der Waals surface area contributed by atoms with Gasteiger partial charge in [-0.3, -0.25) is 4.79 Å². The van der Waals surface area contributed by atoms with Crippen LogP contribution in [0, 0.1) is 0 Å². The lowest BCUT2D eigenvalue weighted by Gasteiger charge is -2.09. The van der Waals surface area contributed by atoms with Crippen molar-refractivity contribution in [3.8, 4) is 5.75 Å². The summed E-state index contributed by atoms with van der Waals surface area (Å²) in [6.45, 7) is 0.900. The predicted octanol–water partition coefficient (Wildman–Crippen LogP) is 3.64. The molecule has 0 spiro atoms. The molecular weight excluding hydrogens is 298 g/mol. The van der Waals surface area contributed by atoms with E-state index in [1.54, 1.807) is 12.1 Å². The molecule has 22 heavy (non-hydrogen) atoms. The van der Waals surface area contributed by atoms with Gasteiger partial charge in [-0.2, -0.15) is 0 Å². The van der Waals surface area contributed by atoms with E-state index in [0.717, 1.165) is 24.2 Å². The molecule has 2 aromatic carbocycles. The maximum absolute atomic E-state index is 12.1. The maximum atomic E-state index is 12.1. The fourth-order valence-electron chi connectivity index (χ4n) is 2.68. The monoisotopic (exact) mass is 315 g/mol. The number of benzene rings is 2. The van der Waals surface area contributed by atoms with Crippen LogP contribution >= 0.6 is 11.6 Å². The topological polar surface area (TPSA) is 38.3 Å². The van der Waals surface area contributed by atoms with E-state index < -0.39 is 0 Å². The van der Waals surface area contributed by atoms with E-state index in [-0.39, 0.29) is 5.91 Å². The van der Waals surface area contributed by atoms with Crippen LogP contribution < -0.4 is 10.1 Å². The molecule has 0 fully saturated rings. The Hall–Kier alpha value is -2.00. The first-order valence-corrected chi connectivity index (χ1v) is 7.88.